The Morgan fingerprint density at radius 2 is 1.41 bits per heavy atom. The predicted molar refractivity (Wildman–Crippen MR) is 168 cm³/mol. The monoisotopic (exact) mass is 703 g/mol. The highest BCUT2D eigenvalue weighted by atomic mass is 16.6. The van der Waals surface area contributed by atoms with Gasteiger partial charge in [-0.05, 0) is 64.0 Å². The van der Waals surface area contributed by atoms with E-state index in [-0.39, 0.29) is 56.4 Å². The lowest BCUT2D eigenvalue weighted by atomic mass is 9.92. The fraction of sp³-hybridized carbons (Fsp3) is 0.710. The highest BCUT2D eigenvalue weighted by molar-refractivity contribution is 6.33. The SMILES string of the molecule is CC(C)C[C@H](NCCCC(=O)C(=O)O)C(=O)OC(CCCC(=O)C(=O)O)(CN(C)[C@@H](CC(C)C)C(=O)O)C(=O)O.O=C1CC[C@@H](C(=O)O)N1. The Morgan fingerprint density at radius 3 is 1.80 bits per heavy atom. The molecule has 0 radical (unpaired) electrons. The molecule has 18 nitrogen and oxygen atoms in total. The lowest BCUT2D eigenvalue weighted by molar-refractivity contribution is -0.185. The third-order valence-corrected chi connectivity index (χ3v) is 7.42. The minimum atomic E-state index is -2.31. The van der Waals surface area contributed by atoms with Gasteiger partial charge in [-0.15, -0.1) is 0 Å². The van der Waals surface area contributed by atoms with Crippen molar-refractivity contribution >= 4 is 53.3 Å². The predicted octanol–water partition coefficient (Wildman–Crippen LogP) is 0.396. The van der Waals surface area contributed by atoms with Gasteiger partial charge in [-0.2, -0.15) is 0 Å². The van der Waals surface area contributed by atoms with E-state index in [1.807, 2.05) is 0 Å². The van der Waals surface area contributed by atoms with Crippen molar-refractivity contribution in [3.63, 3.8) is 0 Å². The summed E-state index contributed by atoms with van der Waals surface area (Å²) >= 11 is 0. The van der Waals surface area contributed by atoms with Crippen molar-refractivity contribution in [2.45, 2.75) is 109 Å². The zero-order chi connectivity index (χ0) is 38.1. The van der Waals surface area contributed by atoms with Gasteiger partial charge < -0.3 is 40.9 Å². The Morgan fingerprint density at radius 1 is 0.878 bits per heavy atom. The zero-order valence-electron chi connectivity index (χ0n) is 28.4. The van der Waals surface area contributed by atoms with Crippen LogP contribution in [0.1, 0.15) is 85.5 Å². The molecule has 1 saturated heterocycles. The molecule has 0 spiro atoms. The molecule has 0 aromatic rings. The van der Waals surface area contributed by atoms with Crippen LogP contribution in [0.3, 0.4) is 0 Å². The average Bonchev–Trinajstić information content (AvgIpc) is 3.43. The number of rotatable bonds is 23. The first-order valence-electron chi connectivity index (χ1n) is 15.8. The molecule has 1 rings (SSSR count). The maximum Gasteiger partial charge on any atom is 0.372 e. The lowest BCUT2D eigenvalue weighted by Gasteiger charge is -2.37. The number of likely N-dealkylation sites (N-methyl/N-ethyl adjacent to an activating group) is 1. The van der Waals surface area contributed by atoms with Crippen molar-refractivity contribution in [2.24, 2.45) is 11.8 Å². The largest absolute Gasteiger partial charge is 0.480 e. The summed E-state index contributed by atoms with van der Waals surface area (Å²) in [7, 11) is 1.37. The van der Waals surface area contributed by atoms with Crippen molar-refractivity contribution in [2.75, 3.05) is 20.1 Å². The van der Waals surface area contributed by atoms with Crippen molar-refractivity contribution < 1.29 is 73.4 Å². The average molecular weight is 704 g/mol. The van der Waals surface area contributed by atoms with Gasteiger partial charge in [0.15, 0.2) is 0 Å². The number of ketones is 2. The van der Waals surface area contributed by atoms with Crippen molar-refractivity contribution in [3.05, 3.63) is 0 Å². The number of carbonyl (C=O) groups excluding carboxylic acids is 4. The van der Waals surface area contributed by atoms with Gasteiger partial charge in [0, 0.05) is 25.8 Å². The summed E-state index contributed by atoms with van der Waals surface area (Å²) < 4.78 is 5.57. The second-order valence-electron chi connectivity index (χ2n) is 12.7. The number of ether oxygens (including phenoxy) is 1. The van der Waals surface area contributed by atoms with Crippen LogP contribution >= 0.6 is 0 Å². The highest BCUT2D eigenvalue weighted by Gasteiger charge is 2.46. The Kier molecular flexibility index (Phi) is 19.6. The number of carboxylic acid groups (broad SMARTS) is 5. The van der Waals surface area contributed by atoms with Crippen molar-refractivity contribution in [1.29, 1.82) is 0 Å². The molecule has 0 aromatic heterocycles. The first-order chi connectivity index (χ1) is 22.6. The summed E-state index contributed by atoms with van der Waals surface area (Å²) in [6.07, 6.45) is -0.310. The van der Waals surface area contributed by atoms with Crippen LogP contribution in [-0.4, -0.2) is 128 Å². The molecule has 0 bridgehead atoms. The van der Waals surface area contributed by atoms with Gasteiger partial charge in [-0.3, -0.25) is 28.9 Å². The molecule has 278 valence electrons. The maximum absolute atomic E-state index is 13.3. The number of hydrogen-bond acceptors (Lipinski definition) is 12. The molecule has 1 unspecified atom stereocenters. The van der Waals surface area contributed by atoms with Gasteiger partial charge in [0.05, 0.1) is 0 Å². The molecule has 1 amide bonds. The third-order valence-electron chi connectivity index (χ3n) is 7.42. The van der Waals surface area contributed by atoms with Crippen LogP contribution < -0.4 is 10.6 Å². The summed E-state index contributed by atoms with van der Waals surface area (Å²) in [4.78, 5) is 104. The molecule has 1 aliphatic heterocycles. The molecule has 0 aliphatic carbocycles. The third kappa shape index (κ3) is 17.0. The second-order valence-corrected chi connectivity index (χ2v) is 12.7. The van der Waals surface area contributed by atoms with E-state index in [0.717, 1.165) is 0 Å². The normalized spacial score (nSPS) is 16.5. The summed E-state index contributed by atoms with van der Waals surface area (Å²) in [5, 5.41) is 51.0. The summed E-state index contributed by atoms with van der Waals surface area (Å²) in [6, 6.07) is -2.80. The van der Waals surface area contributed by atoms with Gasteiger partial charge >= 0.3 is 35.8 Å². The number of Topliss-reactive ketones (excluding diaryl/α,β-unsaturated/α-hetero) is 2. The number of hydrogen-bond donors (Lipinski definition) is 7. The van der Waals surface area contributed by atoms with Crippen LogP contribution in [0.15, 0.2) is 0 Å². The first-order valence-corrected chi connectivity index (χ1v) is 15.8. The highest BCUT2D eigenvalue weighted by Crippen LogP contribution is 2.26. The maximum atomic E-state index is 13.3. The fourth-order valence-corrected chi connectivity index (χ4v) is 4.88. The number of carboxylic acids is 5. The number of carbonyl (C=O) groups is 9. The van der Waals surface area contributed by atoms with Gasteiger partial charge in [0.2, 0.25) is 23.1 Å². The lowest BCUT2D eigenvalue weighted by Crippen LogP contribution is -2.56. The number of nitrogens with one attached hydrogen (secondary N) is 2. The van der Waals surface area contributed by atoms with E-state index in [1.54, 1.807) is 27.7 Å². The Balaban J connectivity index is 0.00000219. The molecule has 1 heterocycles. The summed E-state index contributed by atoms with van der Waals surface area (Å²) in [5.41, 5.74) is -2.31. The zero-order valence-corrected chi connectivity index (χ0v) is 28.4. The molecular weight excluding hydrogens is 654 g/mol. The molecule has 1 fully saturated rings. The molecular formula is C31H49N3O15. The van der Waals surface area contributed by atoms with Gasteiger partial charge in [-0.1, -0.05) is 27.7 Å². The van der Waals surface area contributed by atoms with E-state index in [9.17, 15) is 53.4 Å². The van der Waals surface area contributed by atoms with Crippen LogP contribution in [0, 0.1) is 11.8 Å². The summed E-state index contributed by atoms with van der Waals surface area (Å²) in [5.74, 6) is -10.4. The Hall–Kier alpha value is -4.45. The van der Waals surface area contributed by atoms with E-state index >= 15 is 0 Å². The minimum Gasteiger partial charge on any atom is -0.480 e. The molecule has 7 N–H and O–H groups in total. The van der Waals surface area contributed by atoms with Crippen LogP contribution in [-0.2, 0) is 47.9 Å². The number of aliphatic carboxylic acids is 5. The molecule has 0 aromatic carbocycles. The van der Waals surface area contributed by atoms with Gasteiger partial charge in [0.1, 0.15) is 18.1 Å². The van der Waals surface area contributed by atoms with E-state index in [4.69, 9.17) is 20.1 Å². The fourth-order valence-electron chi connectivity index (χ4n) is 4.88. The molecule has 1 aliphatic rings. The quantitative estimate of drug-likeness (QED) is 0.0430. The molecule has 49 heavy (non-hydrogen) atoms. The van der Waals surface area contributed by atoms with Crippen LogP contribution in [0.25, 0.3) is 0 Å². The number of esters is 1. The van der Waals surface area contributed by atoms with Gasteiger partial charge in [0.25, 0.3) is 0 Å². The van der Waals surface area contributed by atoms with Crippen molar-refractivity contribution in [1.82, 2.24) is 15.5 Å². The molecule has 18 heteroatoms. The standard InChI is InChI=1S/C26H42N2O12.C5H7NO3/c1-15(2)12-17(27-11-7-9-20(30)23(35)36)24(37)40-26(25(38)39,10-6-8-19(29)22(33)34)14-28(5)18(21(31)32)13-16(3)4;7-4-2-1-3(6-4)5(8)9/h15-18,27H,6-14H2,1-5H3,(H,31,32)(H,33,34)(H,35,36)(H,38,39);3H,1-2H2,(H,6,7)(H,8,9)/t17-,18-,26?;3-/m00/s1. The first kappa shape index (κ1) is 44.5. The van der Waals surface area contributed by atoms with Crippen LogP contribution in [0.5, 0.6) is 0 Å². The molecule has 0 saturated carbocycles. The Bertz CT molecular complexity index is 1220. The number of nitrogens with zero attached hydrogens (tertiary/aromatic N) is 1. The number of amides is 1. The van der Waals surface area contributed by atoms with Crippen LogP contribution in [0.4, 0.5) is 0 Å². The Labute approximate surface area is 283 Å². The van der Waals surface area contributed by atoms with E-state index in [0.29, 0.717) is 12.8 Å². The van der Waals surface area contributed by atoms with E-state index in [1.165, 1.54) is 11.9 Å². The topological polar surface area (TPSA) is 291 Å². The second kappa shape index (κ2) is 21.5. The van der Waals surface area contributed by atoms with Crippen molar-refractivity contribution in [3.8, 4) is 0 Å². The van der Waals surface area contributed by atoms with E-state index < -0.39 is 90.5 Å². The van der Waals surface area contributed by atoms with Crippen LogP contribution in [0.2, 0.25) is 0 Å². The summed E-state index contributed by atoms with van der Waals surface area (Å²) in [6.45, 7) is 6.68. The smallest absolute Gasteiger partial charge is 0.372 e. The molecule has 4 atom stereocenters. The van der Waals surface area contributed by atoms with Gasteiger partial charge in [-0.25, -0.2) is 19.2 Å². The minimum absolute atomic E-state index is 0.0497. The van der Waals surface area contributed by atoms with E-state index in [2.05, 4.69) is 10.6 Å².